The van der Waals surface area contributed by atoms with Crippen molar-refractivity contribution in [1.29, 1.82) is 0 Å². The van der Waals surface area contributed by atoms with E-state index in [1.165, 1.54) is 4.57 Å². The lowest BCUT2D eigenvalue weighted by Gasteiger charge is -2.35. The number of fused-ring (bicyclic) bond motifs is 1. The normalized spacial score (nSPS) is 14.3. The highest BCUT2D eigenvalue weighted by atomic mass is 16.5. The van der Waals surface area contributed by atoms with E-state index in [4.69, 9.17) is 4.74 Å². The number of nitrogens with zero attached hydrogens (tertiary/aromatic N) is 5. The van der Waals surface area contributed by atoms with E-state index in [0.29, 0.717) is 49.6 Å². The topological polar surface area (TPSA) is 80.6 Å². The predicted molar refractivity (Wildman–Crippen MR) is 110 cm³/mol. The first kappa shape index (κ1) is 18.9. The highest BCUT2D eigenvalue weighted by Crippen LogP contribution is 2.16. The first-order valence-corrected chi connectivity index (χ1v) is 9.54. The molecule has 1 saturated heterocycles. The number of pyridine rings is 1. The molecule has 1 aromatic carbocycles. The summed E-state index contributed by atoms with van der Waals surface area (Å²) in [6.45, 7) is 2.26. The fourth-order valence-corrected chi connectivity index (χ4v) is 3.55. The van der Waals surface area contributed by atoms with Gasteiger partial charge in [-0.1, -0.05) is 12.1 Å². The molecule has 4 rings (SSSR count). The van der Waals surface area contributed by atoms with Crippen molar-refractivity contribution in [2.45, 2.75) is 6.42 Å². The molecular formula is C21H23N5O3. The number of carbonyl (C=O) groups is 1. The van der Waals surface area contributed by atoms with Gasteiger partial charge in [-0.2, -0.15) is 0 Å². The Hall–Kier alpha value is -3.42. The van der Waals surface area contributed by atoms with E-state index in [0.717, 1.165) is 11.3 Å². The van der Waals surface area contributed by atoms with Crippen molar-refractivity contribution < 1.29 is 9.53 Å². The van der Waals surface area contributed by atoms with Gasteiger partial charge in [0.2, 0.25) is 5.91 Å². The molecule has 150 valence electrons. The fourth-order valence-electron chi connectivity index (χ4n) is 3.55. The van der Waals surface area contributed by atoms with E-state index in [-0.39, 0.29) is 11.5 Å². The largest absolute Gasteiger partial charge is 0.497 e. The van der Waals surface area contributed by atoms with Gasteiger partial charge in [0.25, 0.3) is 5.56 Å². The van der Waals surface area contributed by atoms with Gasteiger partial charge in [0.1, 0.15) is 11.3 Å². The van der Waals surface area contributed by atoms with Gasteiger partial charge >= 0.3 is 0 Å². The number of benzene rings is 1. The van der Waals surface area contributed by atoms with Gasteiger partial charge in [0.15, 0.2) is 11.5 Å². The number of aryl methyl sites for hydroxylation is 1. The summed E-state index contributed by atoms with van der Waals surface area (Å²) in [5.41, 5.74) is 2.03. The van der Waals surface area contributed by atoms with Crippen LogP contribution in [0.3, 0.4) is 0 Å². The van der Waals surface area contributed by atoms with Crippen molar-refractivity contribution in [3.05, 3.63) is 58.5 Å². The molecule has 0 spiro atoms. The number of piperazine rings is 1. The van der Waals surface area contributed by atoms with Gasteiger partial charge in [-0.25, -0.2) is 9.97 Å². The Morgan fingerprint density at radius 3 is 2.52 bits per heavy atom. The molecule has 1 fully saturated rings. The number of rotatable bonds is 4. The molecule has 0 unspecified atom stereocenters. The van der Waals surface area contributed by atoms with Crippen LogP contribution in [0.25, 0.3) is 11.2 Å². The third-order valence-corrected chi connectivity index (χ3v) is 5.25. The molecule has 1 aliphatic heterocycles. The number of hydrogen-bond donors (Lipinski definition) is 0. The molecule has 0 bridgehead atoms. The molecule has 29 heavy (non-hydrogen) atoms. The maximum atomic E-state index is 12.7. The Kier molecular flexibility index (Phi) is 5.16. The van der Waals surface area contributed by atoms with Gasteiger partial charge in [-0.15, -0.1) is 0 Å². The van der Waals surface area contributed by atoms with Crippen molar-refractivity contribution in [1.82, 2.24) is 19.4 Å². The molecule has 3 aromatic rings. The first-order valence-electron chi connectivity index (χ1n) is 9.54. The minimum absolute atomic E-state index is 0.0818. The van der Waals surface area contributed by atoms with Crippen LogP contribution in [0.2, 0.25) is 0 Å². The molecular weight excluding hydrogens is 370 g/mol. The van der Waals surface area contributed by atoms with Gasteiger partial charge in [0, 0.05) is 39.4 Å². The monoisotopic (exact) mass is 393 g/mol. The second kappa shape index (κ2) is 7.90. The van der Waals surface area contributed by atoms with Crippen LogP contribution in [-0.2, 0) is 18.3 Å². The quantitative estimate of drug-likeness (QED) is 0.663. The van der Waals surface area contributed by atoms with Crippen LogP contribution >= 0.6 is 0 Å². The number of ether oxygens (including phenoxy) is 1. The van der Waals surface area contributed by atoms with E-state index < -0.39 is 0 Å². The zero-order valence-corrected chi connectivity index (χ0v) is 16.5. The van der Waals surface area contributed by atoms with Crippen molar-refractivity contribution in [2.75, 3.05) is 38.2 Å². The average Bonchev–Trinajstić information content (AvgIpc) is 2.77. The molecule has 0 aliphatic carbocycles. The Bertz CT molecular complexity index is 1090. The minimum Gasteiger partial charge on any atom is -0.497 e. The lowest BCUT2D eigenvalue weighted by molar-refractivity contribution is -0.130. The molecule has 0 atom stereocenters. The molecule has 3 heterocycles. The van der Waals surface area contributed by atoms with Crippen LogP contribution in [0.1, 0.15) is 5.56 Å². The third-order valence-electron chi connectivity index (χ3n) is 5.25. The summed E-state index contributed by atoms with van der Waals surface area (Å²) in [6.07, 6.45) is 2.00. The molecule has 1 amide bonds. The van der Waals surface area contributed by atoms with E-state index in [1.54, 1.807) is 26.4 Å². The summed E-state index contributed by atoms with van der Waals surface area (Å²) in [7, 11) is 3.32. The second-order valence-electron chi connectivity index (χ2n) is 7.04. The number of carbonyl (C=O) groups excluding carboxylic acids is 1. The Labute approximate surface area is 168 Å². The maximum Gasteiger partial charge on any atom is 0.294 e. The summed E-state index contributed by atoms with van der Waals surface area (Å²) in [4.78, 5) is 37.9. The second-order valence-corrected chi connectivity index (χ2v) is 7.04. The maximum absolute atomic E-state index is 12.7. The van der Waals surface area contributed by atoms with Crippen molar-refractivity contribution in [2.24, 2.45) is 7.05 Å². The summed E-state index contributed by atoms with van der Waals surface area (Å²) < 4.78 is 6.68. The Morgan fingerprint density at radius 2 is 1.83 bits per heavy atom. The van der Waals surface area contributed by atoms with Crippen molar-refractivity contribution in [3.63, 3.8) is 0 Å². The third kappa shape index (κ3) is 3.78. The summed E-state index contributed by atoms with van der Waals surface area (Å²) in [5.74, 6) is 1.27. The van der Waals surface area contributed by atoms with Gasteiger partial charge in [-0.3, -0.25) is 14.2 Å². The minimum atomic E-state index is -0.172. The zero-order chi connectivity index (χ0) is 20.4. The van der Waals surface area contributed by atoms with Crippen LogP contribution < -0.4 is 15.2 Å². The van der Waals surface area contributed by atoms with Gasteiger partial charge in [0.05, 0.1) is 13.5 Å². The molecule has 2 aromatic heterocycles. The first-order chi connectivity index (χ1) is 14.1. The van der Waals surface area contributed by atoms with Crippen molar-refractivity contribution in [3.8, 4) is 5.75 Å². The van der Waals surface area contributed by atoms with Crippen molar-refractivity contribution >= 4 is 22.9 Å². The summed E-state index contributed by atoms with van der Waals surface area (Å²) in [5, 5.41) is 0. The molecule has 1 aliphatic rings. The molecule has 0 saturated carbocycles. The molecule has 8 heteroatoms. The summed E-state index contributed by atoms with van der Waals surface area (Å²) >= 11 is 0. The number of hydrogen-bond acceptors (Lipinski definition) is 6. The van der Waals surface area contributed by atoms with Crippen LogP contribution in [-0.4, -0.2) is 58.6 Å². The van der Waals surface area contributed by atoms with Gasteiger partial charge in [-0.05, 0) is 29.8 Å². The number of methoxy groups -OCH3 is 1. The zero-order valence-electron chi connectivity index (χ0n) is 16.5. The number of amides is 1. The lowest BCUT2D eigenvalue weighted by Crippen LogP contribution is -2.51. The van der Waals surface area contributed by atoms with E-state index in [1.807, 2.05) is 40.1 Å². The Morgan fingerprint density at radius 1 is 1.10 bits per heavy atom. The fraction of sp³-hybridized carbons (Fsp3) is 0.333. The summed E-state index contributed by atoms with van der Waals surface area (Å²) in [6, 6.07) is 11.2. The van der Waals surface area contributed by atoms with Crippen LogP contribution in [0.4, 0.5) is 5.82 Å². The SMILES string of the molecule is COc1ccc(CC(=O)N2CCN(c3nc4cccnc4n(C)c3=O)CC2)cc1. The number of anilines is 1. The smallest absolute Gasteiger partial charge is 0.294 e. The van der Waals surface area contributed by atoms with E-state index in [9.17, 15) is 9.59 Å². The predicted octanol–water partition coefficient (Wildman–Crippen LogP) is 1.23. The van der Waals surface area contributed by atoms with E-state index >= 15 is 0 Å². The molecule has 0 N–H and O–H groups in total. The average molecular weight is 393 g/mol. The van der Waals surface area contributed by atoms with Gasteiger partial charge < -0.3 is 14.5 Å². The highest BCUT2D eigenvalue weighted by molar-refractivity contribution is 5.79. The van der Waals surface area contributed by atoms with E-state index in [2.05, 4.69) is 9.97 Å². The van der Waals surface area contributed by atoms with Crippen LogP contribution in [0.5, 0.6) is 5.75 Å². The molecule has 0 radical (unpaired) electrons. The standard InChI is InChI=1S/C21H23N5O3/c1-24-19-17(4-3-9-22-19)23-20(21(24)28)26-12-10-25(11-13-26)18(27)14-15-5-7-16(29-2)8-6-15/h3-9H,10-14H2,1-2H3. The highest BCUT2D eigenvalue weighted by Gasteiger charge is 2.24. The van der Waals surface area contributed by atoms with Crippen LogP contribution in [0, 0.1) is 0 Å². The van der Waals surface area contributed by atoms with Crippen LogP contribution in [0.15, 0.2) is 47.4 Å². The number of aromatic nitrogens is 3. The Balaban J connectivity index is 1.44. The lowest BCUT2D eigenvalue weighted by atomic mass is 10.1. The molecule has 8 nitrogen and oxygen atoms in total.